The van der Waals surface area contributed by atoms with Gasteiger partial charge in [0, 0.05) is 0 Å². The molecule has 0 fully saturated rings. The normalized spacial score (nSPS) is 15.2. The Kier molecular flexibility index (Phi) is 6.69. The Morgan fingerprint density at radius 2 is 1.67 bits per heavy atom. The van der Waals surface area contributed by atoms with Gasteiger partial charge >= 0.3 is 0 Å². The van der Waals surface area contributed by atoms with Crippen LogP contribution in [-0.2, 0) is 14.8 Å². The molecule has 1 heterocycles. The van der Waals surface area contributed by atoms with Gasteiger partial charge in [-0.1, -0.05) is 42.5 Å². The van der Waals surface area contributed by atoms with Gasteiger partial charge in [0.2, 0.25) is 0 Å². The number of carbonyl (C=O) groups is 1. The molecule has 1 aliphatic rings. The summed E-state index contributed by atoms with van der Waals surface area (Å²) in [6.45, 7) is 0.277. The lowest BCUT2D eigenvalue weighted by atomic mass is 10.2. The number of rotatable bonds is 8. The third kappa shape index (κ3) is 4.88. The zero-order chi connectivity index (χ0) is 23.3. The minimum atomic E-state index is -3.88. The standard InChI is InChI=1S/C24H24N2O6S/c1-30-21-13-7-8-14-22(21)31-16-15-25-24(27)23-17-26(19-11-5-6-12-20(19)32-23)33(28,29)18-9-3-2-4-10-18/h2-14,23H,15-17H2,1H3,(H,25,27)/t23-/m0/s1. The SMILES string of the molecule is COc1ccccc1OCCNC(=O)[C@@H]1CN(S(=O)(=O)c2ccccc2)c2ccccc2O1. The maximum Gasteiger partial charge on any atom is 0.264 e. The smallest absolute Gasteiger partial charge is 0.264 e. The summed E-state index contributed by atoms with van der Waals surface area (Å²) in [5.74, 6) is 1.06. The molecule has 0 bridgehead atoms. The molecule has 0 saturated heterocycles. The van der Waals surface area contributed by atoms with Crippen molar-refractivity contribution in [1.82, 2.24) is 5.32 Å². The molecule has 0 spiro atoms. The fourth-order valence-electron chi connectivity index (χ4n) is 3.47. The first-order valence-electron chi connectivity index (χ1n) is 10.4. The van der Waals surface area contributed by atoms with Crippen molar-refractivity contribution in [2.75, 3.05) is 31.1 Å². The van der Waals surface area contributed by atoms with Crippen LogP contribution in [0.3, 0.4) is 0 Å². The van der Waals surface area contributed by atoms with Gasteiger partial charge in [-0.2, -0.15) is 0 Å². The zero-order valence-corrected chi connectivity index (χ0v) is 18.8. The number of sulfonamides is 1. The third-order valence-electron chi connectivity index (χ3n) is 5.09. The number of ether oxygens (including phenoxy) is 3. The highest BCUT2D eigenvalue weighted by atomic mass is 32.2. The van der Waals surface area contributed by atoms with Crippen LogP contribution in [0.4, 0.5) is 5.69 Å². The fourth-order valence-corrected chi connectivity index (χ4v) is 4.97. The molecule has 0 aromatic heterocycles. The number of amides is 1. The molecule has 4 rings (SSSR count). The van der Waals surface area contributed by atoms with E-state index in [-0.39, 0.29) is 24.6 Å². The molecule has 9 heteroatoms. The predicted octanol–water partition coefficient (Wildman–Crippen LogP) is 2.85. The first-order valence-corrected chi connectivity index (χ1v) is 11.8. The average Bonchev–Trinajstić information content (AvgIpc) is 2.86. The van der Waals surface area contributed by atoms with Crippen molar-refractivity contribution in [2.24, 2.45) is 0 Å². The Bertz CT molecular complexity index is 1220. The molecule has 1 aliphatic heterocycles. The number of nitrogens with zero attached hydrogens (tertiary/aromatic N) is 1. The predicted molar refractivity (Wildman–Crippen MR) is 123 cm³/mol. The zero-order valence-electron chi connectivity index (χ0n) is 18.0. The first-order chi connectivity index (χ1) is 16.0. The summed E-state index contributed by atoms with van der Waals surface area (Å²) in [6, 6.07) is 22.1. The summed E-state index contributed by atoms with van der Waals surface area (Å²) in [4.78, 5) is 13.0. The highest BCUT2D eigenvalue weighted by Gasteiger charge is 2.37. The molecule has 3 aromatic carbocycles. The molecule has 33 heavy (non-hydrogen) atoms. The number of carbonyl (C=O) groups excluding carboxylic acids is 1. The lowest BCUT2D eigenvalue weighted by Gasteiger charge is -2.34. The summed E-state index contributed by atoms with van der Waals surface area (Å²) < 4.78 is 44.6. The van der Waals surface area contributed by atoms with E-state index in [0.717, 1.165) is 0 Å². The van der Waals surface area contributed by atoms with Crippen molar-refractivity contribution in [3.63, 3.8) is 0 Å². The number of nitrogens with one attached hydrogen (secondary N) is 1. The molecular weight excluding hydrogens is 444 g/mol. The molecule has 1 atom stereocenters. The van der Waals surface area contributed by atoms with Crippen molar-refractivity contribution in [3.05, 3.63) is 78.9 Å². The Morgan fingerprint density at radius 3 is 2.42 bits per heavy atom. The van der Waals surface area contributed by atoms with Crippen molar-refractivity contribution in [3.8, 4) is 17.2 Å². The molecule has 3 aromatic rings. The molecule has 1 amide bonds. The van der Waals surface area contributed by atoms with Crippen LogP contribution in [0, 0.1) is 0 Å². The van der Waals surface area contributed by atoms with E-state index < -0.39 is 22.0 Å². The maximum atomic E-state index is 13.3. The van der Waals surface area contributed by atoms with Crippen LogP contribution in [-0.4, -0.2) is 47.2 Å². The average molecular weight is 469 g/mol. The van der Waals surface area contributed by atoms with Crippen LogP contribution in [0.2, 0.25) is 0 Å². The van der Waals surface area contributed by atoms with Gasteiger partial charge in [-0.3, -0.25) is 9.10 Å². The number of fused-ring (bicyclic) bond motifs is 1. The van der Waals surface area contributed by atoms with Gasteiger partial charge in [0.05, 0.1) is 30.8 Å². The summed E-state index contributed by atoms with van der Waals surface area (Å²) in [6.07, 6.45) is -1.01. The van der Waals surface area contributed by atoms with Crippen molar-refractivity contribution < 1.29 is 27.4 Å². The molecule has 0 radical (unpaired) electrons. The van der Waals surface area contributed by atoms with Crippen LogP contribution in [0.25, 0.3) is 0 Å². The number of hydrogen-bond donors (Lipinski definition) is 1. The molecule has 8 nitrogen and oxygen atoms in total. The lowest BCUT2D eigenvalue weighted by molar-refractivity contribution is -0.127. The van der Waals surface area contributed by atoms with Crippen molar-refractivity contribution >= 4 is 21.6 Å². The van der Waals surface area contributed by atoms with Gasteiger partial charge in [0.15, 0.2) is 17.6 Å². The quantitative estimate of drug-likeness (QED) is 0.511. The Morgan fingerprint density at radius 1 is 1.00 bits per heavy atom. The number of para-hydroxylation sites is 4. The third-order valence-corrected chi connectivity index (χ3v) is 6.88. The number of anilines is 1. The molecule has 0 aliphatic carbocycles. The summed E-state index contributed by atoms with van der Waals surface area (Å²) in [7, 11) is -2.32. The Hall–Kier alpha value is -3.72. The molecule has 0 saturated carbocycles. The van der Waals surface area contributed by atoms with Crippen LogP contribution in [0.15, 0.2) is 83.8 Å². The van der Waals surface area contributed by atoms with E-state index in [4.69, 9.17) is 14.2 Å². The van der Waals surface area contributed by atoms with Gasteiger partial charge in [0.1, 0.15) is 12.4 Å². The minimum absolute atomic E-state index is 0.145. The first kappa shape index (κ1) is 22.5. The molecule has 172 valence electrons. The van der Waals surface area contributed by atoms with E-state index in [0.29, 0.717) is 22.9 Å². The van der Waals surface area contributed by atoms with Gasteiger partial charge in [-0.05, 0) is 36.4 Å². The Labute approximate surface area is 192 Å². The summed E-state index contributed by atoms with van der Waals surface area (Å²) >= 11 is 0. The monoisotopic (exact) mass is 468 g/mol. The van der Waals surface area contributed by atoms with Crippen LogP contribution in [0.5, 0.6) is 17.2 Å². The van der Waals surface area contributed by atoms with Crippen LogP contribution >= 0.6 is 0 Å². The molecule has 0 unspecified atom stereocenters. The lowest BCUT2D eigenvalue weighted by Crippen LogP contribution is -2.51. The van der Waals surface area contributed by atoms with Crippen LogP contribution < -0.4 is 23.8 Å². The number of benzene rings is 3. The molecular formula is C24H24N2O6S. The maximum absolute atomic E-state index is 13.3. The highest BCUT2D eigenvalue weighted by Crippen LogP contribution is 2.36. The second-order valence-corrected chi connectivity index (χ2v) is 9.08. The Balaban J connectivity index is 1.45. The second kappa shape index (κ2) is 9.83. The van der Waals surface area contributed by atoms with Gasteiger partial charge in [-0.15, -0.1) is 0 Å². The van der Waals surface area contributed by atoms with Crippen LogP contribution in [0.1, 0.15) is 0 Å². The number of methoxy groups -OCH3 is 1. The van der Waals surface area contributed by atoms with E-state index in [2.05, 4.69) is 5.32 Å². The minimum Gasteiger partial charge on any atom is -0.493 e. The van der Waals surface area contributed by atoms with E-state index in [9.17, 15) is 13.2 Å². The van der Waals surface area contributed by atoms with E-state index in [1.807, 2.05) is 12.1 Å². The van der Waals surface area contributed by atoms with E-state index in [1.54, 1.807) is 61.7 Å². The van der Waals surface area contributed by atoms with E-state index in [1.165, 1.54) is 16.4 Å². The van der Waals surface area contributed by atoms with Gasteiger partial charge in [0.25, 0.3) is 15.9 Å². The fraction of sp³-hybridized carbons (Fsp3) is 0.208. The molecule has 1 N–H and O–H groups in total. The summed E-state index contributed by atoms with van der Waals surface area (Å²) in [5, 5.41) is 2.75. The topological polar surface area (TPSA) is 94.2 Å². The summed E-state index contributed by atoms with van der Waals surface area (Å²) in [5.41, 5.74) is 0.393. The van der Waals surface area contributed by atoms with Gasteiger partial charge < -0.3 is 19.5 Å². The van der Waals surface area contributed by atoms with Gasteiger partial charge in [-0.25, -0.2) is 8.42 Å². The van der Waals surface area contributed by atoms with Crippen molar-refractivity contribution in [1.29, 1.82) is 0 Å². The largest absolute Gasteiger partial charge is 0.493 e. The van der Waals surface area contributed by atoms with Crippen molar-refractivity contribution in [2.45, 2.75) is 11.0 Å². The van der Waals surface area contributed by atoms with E-state index >= 15 is 0 Å². The number of hydrogen-bond acceptors (Lipinski definition) is 6. The highest BCUT2D eigenvalue weighted by molar-refractivity contribution is 7.92. The second-order valence-electron chi connectivity index (χ2n) is 7.21.